The van der Waals surface area contributed by atoms with Crippen LogP contribution in [-0.4, -0.2) is 49.7 Å². The molecule has 0 N–H and O–H groups in total. The Morgan fingerprint density at radius 3 is 2.52 bits per heavy atom. The van der Waals surface area contributed by atoms with Crippen LogP contribution in [0, 0.1) is 6.92 Å². The molecule has 7 nitrogen and oxygen atoms in total. The maximum Gasteiger partial charge on any atom is 0.308 e. The van der Waals surface area contributed by atoms with Crippen LogP contribution < -0.4 is 0 Å². The second-order valence-corrected chi connectivity index (χ2v) is 10.4. The van der Waals surface area contributed by atoms with Crippen molar-refractivity contribution >= 4 is 28.1 Å². The quantitative estimate of drug-likeness (QED) is 0.714. The highest BCUT2D eigenvalue weighted by atomic mass is 32.2. The summed E-state index contributed by atoms with van der Waals surface area (Å²) in [6.07, 6.45) is -0.00454. The molecule has 0 spiro atoms. The van der Waals surface area contributed by atoms with Gasteiger partial charge in [-0.2, -0.15) is 0 Å². The molecule has 3 atom stereocenters. The summed E-state index contributed by atoms with van der Waals surface area (Å²) in [7, 11) is -1.29. The second-order valence-electron chi connectivity index (χ2n) is 7.50. The smallest absolute Gasteiger partial charge is 0.308 e. The molecule has 0 saturated carbocycles. The Morgan fingerprint density at radius 2 is 1.96 bits per heavy atom. The Morgan fingerprint density at radius 1 is 1.32 bits per heavy atom. The average Bonchev–Trinajstić information content (AvgIpc) is 2.80. The molecule has 1 aliphatic rings. The fourth-order valence-corrected chi connectivity index (χ4v) is 4.80. The van der Waals surface area contributed by atoms with Gasteiger partial charge in [-0.3, -0.25) is 9.00 Å². The van der Waals surface area contributed by atoms with E-state index in [1.165, 1.54) is 11.3 Å². The highest BCUT2D eigenvalue weighted by molar-refractivity contribution is 7.87. The third kappa shape index (κ3) is 6.73. The SMILES string of the molecule is Cc1nnc([S@](=O)C[C@@H]2C[C@H](CC(=O)OC(C)(C)C)OC(C)(C)O2)s1. The number of rotatable bonds is 5. The van der Waals surface area contributed by atoms with Gasteiger partial charge in [0.25, 0.3) is 0 Å². The second kappa shape index (κ2) is 7.77. The van der Waals surface area contributed by atoms with Crippen LogP contribution in [0.3, 0.4) is 0 Å². The minimum atomic E-state index is -1.29. The molecular formula is C16H26N2O5S2. The van der Waals surface area contributed by atoms with Gasteiger partial charge in [0.2, 0.25) is 4.34 Å². The van der Waals surface area contributed by atoms with E-state index in [2.05, 4.69) is 10.2 Å². The molecule has 2 heterocycles. The summed E-state index contributed by atoms with van der Waals surface area (Å²) < 4.78 is 30.0. The zero-order chi connectivity index (χ0) is 18.8. The van der Waals surface area contributed by atoms with Crippen LogP contribution >= 0.6 is 11.3 Å². The Labute approximate surface area is 154 Å². The van der Waals surface area contributed by atoms with Crippen molar-refractivity contribution in [1.29, 1.82) is 0 Å². The average molecular weight is 391 g/mol. The molecule has 1 aliphatic heterocycles. The largest absolute Gasteiger partial charge is 0.460 e. The Hall–Kier alpha value is -0.900. The van der Waals surface area contributed by atoms with Gasteiger partial charge in [0.1, 0.15) is 10.6 Å². The number of aryl methyl sites for hydroxylation is 1. The van der Waals surface area contributed by atoms with Gasteiger partial charge in [0.15, 0.2) is 5.79 Å². The first kappa shape index (κ1) is 20.4. The van der Waals surface area contributed by atoms with Gasteiger partial charge in [-0.1, -0.05) is 11.3 Å². The molecular weight excluding hydrogens is 364 g/mol. The van der Waals surface area contributed by atoms with Gasteiger partial charge in [-0.25, -0.2) is 0 Å². The van der Waals surface area contributed by atoms with Gasteiger partial charge >= 0.3 is 5.97 Å². The van der Waals surface area contributed by atoms with Crippen LogP contribution in [-0.2, 0) is 29.8 Å². The maximum atomic E-state index is 12.5. The number of ether oxygens (including phenoxy) is 3. The Bertz CT molecular complexity index is 639. The number of nitrogens with zero attached hydrogens (tertiary/aromatic N) is 2. The van der Waals surface area contributed by atoms with Crippen molar-refractivity contribution < 1.29 is 23.2 Å². The number of carbonyl (C=O) groups is 1. The molecule has 0 unspecified atom stereocenters. The van der Waals surface area contributed by atoms with Crippen molar-refractivity contribution in [3.8, 4) is 0 Å². The van der Waals surface area contributed by atoms with E-state index in [0.29, 0.717) is 16.5 Å². The van der Waals surface area contributed by atoms with Crippen molar-refractivity contribution in [3.63, 3.8) is 0 Å². The molecule has 1 aromatic rings. The predicted octanol–water partition coefficient (Wildman–Crippen LogP) is 2.60. The minimum absolute atomic E-state index is 0.144. The fraction of sp³-hybridized carbons (Fsp3) is 0.812. The summed E-state index contributed by atoms with van der Waals surface area (Å²) in [6.45, 7) is 10.9. The number of hydrogen-bond donors (Lipinski definition) is 0. The zero-order valence-electron chi connectivity index (χ0n) is 15.5. The third-order valence-corrected chi connectivity index (χ3v) is 5.87. The monoisotopic (exact) mass is 390 g/mol. The topological polar surface area (TPSA) is 87.6 Å². The molecule has 25 heavy (non-hydrogen) atoms. The summed E-state index contributed by atoms with van der Waals surface area (Å²) in [5.41, 5.74) is -0.533. The number of carbonyl (C=O) groups excluding carboxylic acids is 1. The molecule has 0 aliphatic carbocycles. The van der Waals surface area contributed by atoms with E-state index >= 15 is 0 Å². The van der Waals surface area contributed by atoms with Crippen LogP contribution in [0.1, 0.15) is 52.5 Å². The van der Waals surface area contributed by atoms with Crippen LogP contribution in [0.2, 0.25) is 0 Å². The van der Waals surface area contributed by atoms with Gasteiger partial charge in [-0.15, -0.1) is 10.2 Å². The van der Waals surface area contributed by atoms with E-state index in [9.17, 15) is 9.00 Å². The van der Waals surface area contributed by atoms with Crippen molar-refractivity contribution in [2.75, 3.05) is 5.75 Å². The molecule has 0 radical (unpaired) electrons. The van der Waals surface area contributed by atoms with Crippen molar-refractivity contribution in [2.45, 2.75) is 82.3 Å². The zero-order valence-corrected chi connectivity index (χ0v) is 17.2. The number of hydrogen-bond acceptors (Lipinski definition) is 8. The van der Waals surface area contributed by atoms with E-state index in [-0.39, 0.29) is 24.6 Å². The predicted molar refractivity (Wildman–Crippen MR) is 94.8 cm³/mol. The van der Waals surface area contributed by atoms with Crippen LogP contribution in [0.4, 0.5) is 0 Å². The van der Waals surface area contributed by atoms with Crippen molar-refractivity contribution in [2.24, 2.45) is 0 Å². The lowest BCUT2D eigenvalue weighted by Gasteiger charge is -2.40. The number of esters is 1. The van der Waals surface area contributed by atoms with E-state index in [4.69, 9.17) is 14.2 Å². The van der Waals surface area contributed by atoms with Crippen LogP contribution in [0.15, 0.2) is 4.34 Å². The van der Waals surface area contributed by atoms with Gasteiger partial charge in [0.05, 0.1) is 35.2 Å². The summed E-state index contributed by atoms with van der Waals surface area (Å²) in [6, 6.07) is 0. The lowest BCUT2D eigenvalue weighted by molar-refractivity contribution is -0.295. The van der Waals surface area contributed by atoms with Gasteiger partial charge in [-0.05, 0) is 41.5 Å². The fourth-order valence-electron chi connectivity index (χ4n) is 2.63. The molecule has 0 amide bonds. The van der Waals surface area contributed by atoms with Gasteiger partial charge in [0, 0.05) is 6.42 Å². The normalized spacial score (nSPS) is 24.7. The lowest BCUT2D eigenvalue weighted by Crippen LogP contribution is -2.47. The van der Waals surface area contributed by atoms with E-state index in [1.807, 2.05) is 27.7 Å². The molecule has 1 saturated heterocycles. The Balaban J connectivity index is 1.97. The first-order valence-electron chi connectivity index (χ1n) is 8.19. The molecule has 142 valence electrons. The maximum absolute atomic E-state index is 12.5. The van der Waals surface area contributed by atoms with Crippen LogP contribution in [0.25, 0.3) is 0 Å². The molecule has 0 aromatic carbocycles. The first-order valence-corrected chi connectivity index (χ1v) is 10.3. The molecule has 1 fully saturated rings. The lowest BCUT2D eigenvalue weighted by atomic mass is 10.1. The summed E-state index contributed by atoms with van der Waals surface area (Å²) in [5.74, 6) is -0.863. The van der Waals surface area contributed by atoms with E-state index in [1.54, 1.807) is 13.8 Å². The summed E-state index contributed by atoms with van der Waals surface area (Å²) >= 11 is 1.32. The molecule has 2 rings (SSSR count). The first-order chi connectivity index (χ1) is 11.4. The van der Waals surface area contributed by atoms with E-state index in [0.717, 1.165) is 5.01 Å². The minimum Gasteiger partial charge on any atom is -0.460 e. The molecule has 1 aromatic heterocycles. The highest BCUT2D eigenvalue weighted by Crippen LogP contribution is 2.30. The number of aromatic nitrogens is 2. The third-order valence-electron chi connectivity index (χ3n) is 3.28. The van der Waals surface area contributed by atoms with Gasteiger partial charge < -0.3 is 14.2 Å². The highest BCUT2D eigenvalue weighted by Gasteiger charge is 2.38. The molecule has 9 heteroatoms. The summed E-state index contributed by atoms with van der Waals surface area (Å²) in [5, 5.41) is 8.61. The van der Waals surface area contributed by atoms with E-state index < -0.39 is 22.2 Å². The Kier molecular flexibility index (Phi) is 6.35. The standard InChI is InChI=1S/C16H26N2O5S2/c1-10-17-18-14(24-10)25(20)9-12-7-11(21-16(5,6)22-12)8-13(19)23-15(2,3)4/h11-12H,7-9H2,1-6H3/t11-,12+,25-/m1/s1. The van der Waals surface area contributed by atoms with Crippen molar-refractivity contribution in [3.05, 3.63) is 5.01 Å². The van der Waals surface area contributed by atoms with Crippen molar-refractivity contribution in [1.82, 2.24) is 10.2 Å². The molecule has 0 bridgehead atoms. The van der Waals surface area contributed by atoms with Crippen LogP contribution in [0.5, 0.6) is 0 Å². The summed E-state index contributed by atoms with van der Waals surface area (Å²) in [4.78, 5) is 12.1.